The highest BCUT2D eigenvalue weighted by molar-refractivity contribution is 9.13. The fourth-order valence-electron chi connectivity index (χ4n) is 2.19. The molecule has 2 heterocycles. The minimum Gasteiger partial charge on any atom is -0.356 e. The van der Waals surface area contributed by atoms with Crippen LogP contribution in [0.1, 0.15) is 23.3 Å². The van der Waals surface area contributed by atoms with E-state index in [9.17, 15) is 0 Å². The fraction of sp³-hybridized carbons (Fsp3) is 0.167. The summed E-state index contributed by atoms with van der Waals surface area (Å²) >= 11 is 7.00. The molecule has 2 atom stereocenters. The number of benzene rings is 1. The second kappa shape index (κ2) is 3.06. The van der Waals surface area contributed by atoms with Gasteiger partial charge in [0.1, 0.15) is 12.2 Å². The molecule has 0 amide bonds. The van der Waals surface area contributed by atoms with E-state index in [0.29, 0.717) is 0 Å². The second-order valence-electron chi connectivity index (χ2n) is 3.84. The van der Waals surface area contributed by atoms with Gasteiger partial charge in [0.25, 0.3) is 0 Å². The lowest BCUT2D eigenvalue weighted by atomic mass is 9.86. The molecule has 1 fully saturated rings. The van der Waals surface area contributed by atoms with Crippen molar-refractivity contribution in [2.45, 2.75) is 12.2 Å². The van der Waals surface area contributed by atoms with Crippen LogP contribution in [0.4, 0.5) is 0 Å². The lowest BCUT2D eigenvalue weighted by Crippen LogP contribution is -2.02. The van der Waals surface area contributed by atoms with Crippen molar-refractivity contribution in [1.29, 1.82) is 0 Å². The SMILES string of the molecule is C=C1C(=C)[C@@H]2O[C@H]1c1cc(Br)c(Br)cc12. The summed E-state index contributed by atoms with van der Waals surface area (Å²) in [5.41, 5.74) is 4.46. The predicted molar refractivity (Wildman–Crippen MR) is 66.7 cm³/mol. The van der Waals surface area contributed by atoms with Crippen LogP contribution in [-0.4, -0.2) is 0 Å². The number of ether oxygens (including phenoxy) is 1. The zero-order valence-electron chi connectivity index (χ0n) is 7.89. The lowest BCUT2D eigenvalue weighted by Gasteiger charge is -2.16. The van der Waals surface area contributed by atoms with Crippen LogP contribution in [0.5, 0.6) is 0 Å². The molecule has 1 aromatic rings. The minimum absolute atomic E-state index is 0.0156. The molecule has 2 aliphatic rings. The zero-order chi connectivity index (χ0) is 10.7. The van der Waals surface area contributed by atoms with Crippen molar-refractivity contribution < 1.29 is 4.74 Å². The van der Waals surface area contributed by atoms with Crippen LogP contribution < -0.4 is 0 Å². The van der Waals surface area contributed by atoms with Crippen molar-refractivity contribution in [2.75, 3.05) is 0 Å². The van der Waals surface area contributed by atoms with E-state index in [-0.39, 0.29) is 12.2 Å². The molecule has 0 unspecified atom stereocenters. The van der Waals surface area contributed by atoms with E-state index in [1.54, 1.807) is 0 Å². The lowest BCUT2D eigenvalue weighted by molar-refractivity contribution is 0.0905. The Labute approximate surface area is 105 Å². The van der Waals surface area contributed by atoms with Gasteiger partial charge in [0, 0.05) is 8.95 Å². The quantitative estimate of drug-likeness (QED) is 0.684. The van der Waals surface area contributed by atoms with Crippen LogP contribution in [-0.2, 0) is 4.74 Å². The van der Waals surface area contributed by atoms with Gasteiger partial charge in [0.05, 0.1) is 0 Å². The van der Waals surface area contributed by atoms with Gasteiger partial charge < -0.3 is 4.74 Å². The molecule has 1 nitrogen and oxygen atoms in total. The van der Waals surface area contributed by atoms with Gasteiger partial charge in [0.15, 0.2) is 0 Å². The molecule has 3 heteroatoms. The Kier molecular flexibility index (Phi) is 2.00. The Balaban J connectivity index is 2.26. The highest BCUT2D eigenvalue weighted by atomic mass is 79.9. The molecule has 0 N–H and O–H groups in total. The smallest absolute Gasteiger partial charge is 0.109 e. The molecule has 1 saturated heterocycles. The van der Waals surface area contributed by atoms with Crippen LogP contribution in [0.2, 0.25) is 0 Å². The van der Waals surface area contributed by atoms with E-state index in [1.807, 2.05) is 0 Å². The van der Waals surface area contributed by atoms with Crippen LogP contribution in [0.3, 0.4) is 0 Å². The topological polar surface area (TPSA) is 9.23 Å². The van der Waals surface area contributed by atoms with Gasteiger partial charge in [-0.2, -0.15) is 0 Å². The Hall–Kier alpha value is -0.380. The summed E-state index contributed by atoms with van der Waals surface area (Å²) in [6.07, 6.45) is 0.0313. The first-order valence-electron chi connectivity index (χ1n) is 4.62. The Morgan fingerprint density at radius 3 is 1.73 bits per heavy atom. The molecule has 0 aliphatic carbocycles. The van der Waals surface area contributed by atoms with Crippen molar-refractivity contribution in [3.05, 3.63) is 56.5 Å². The number of halogens is 2. The molecule has 0 radical (unpaired) electrons. The summed E-state index contributed by atoms with van der Waals surface area (Å²) < 4.78 is 7.94. The Bertz CT molecular complexity index is 460. The van der Waals surface area contributed by atoms with Gasteiger partial charge in [-0.15, -0.1) is 0 Å². The van der Waals surface area contributed by atoms with E-state index in [2.05, 4.69) is 57.2 Å². The van der Waals surface area contributed by atoms with Gasteiger partial charge in [-0.1, -0.05) is 13.2 Å². The fourth-order valence-corrected chi connectivity index (χ4v) is 2.91. The molecule has 2 bridgehead atoms. The normalized spacial score (nSPS) is 27.3. The molecular weight excluding hydrogens is 320 g/mol. The second-order valence-corrected chi connectivity index (χ2v) is 5.55. The third-order valence-corrected chi connectivity index (χ3v) is 4.85. The summed E-state index contributed by atoms with van der Waals surface area (Å²) in [7, 11) is 0. The summed E-state index contributed by atoms with van der Waals surface area (Å²) in [6, 6.07) is 4.20. The maximum Gasteiger partial charge on any atom is 0.109 e. The molecule has 0 spiro atoms. The van der Waals surface area contributed by atoms with E-state index in [0.717, 1.165) is 20.1 Å². The van der Waals surface area contributed by atoms with Crippen molar-refractivity contribution >= 4 is 31.9 Å². The number of rotatable bonds is 0. The monoisotopic (exact) mass is 326 g/mol. The van der Waals surface area contributed by atoms with E-state index >= 15 is 0 Å². The Morgan fingerprint density at radius 1 is 0.933 bits per heavy atom. The van der Waals surface area contributed by atoms with Crippen LogP contribution in [0.15, 0.2) is 45.4 Å². The summed E-state index contributed by atoms with van der Waals surface area (Å²) in [4.78, 5) is 0. The highest BCUT2D eigenvalue weighted by Gasteiger charge is 2.43. The molecule has 2 aliphatic heterocycles. The minimum atomic E-state index is 0.0156. The van der Waals surface area contributed by atoms with E-state index in [4.69, 9.17) is 4.74 Å². The first kappa shape index (κ1) is 9.82. The summed E-state index contributed by atoms with van der Waals surface area (Å²) in [6.45, 7) is 8.03. The van der Waals surface area contributed by atoms with Gasteiger partial charge in [-0.3, -0.25) is 0 Å². The first-order chi connectivity index (χ1) is 7.09. The first-order valence-corrected chi connectivity index (χ1v) is 6.20. The number of fused-ring (bicyclic) bond motifs is 5. The van der Waals surface area contributed by atoms with Gasteiger partial charge in [-0.05, 0) is 66.3 Å². The van der Waals surface area contributed by atoms with Crippen molar-refractivity contribution in [3.63, 3.8) is 0 Å². The van der Waals surface area contributed by atoms with Gasteiger partial charge in [0.2, 0.25) is 0 Å². The molecule has 15 heavy (non-hydrogen) atoms. The predicted octanol–water partition coefficient (Wildman–Crippen LogP) is 4.45. The molecule has 0 aromatic heterocycles. The average Bonchev–Trinajstić information content (AvgIpc) is 2.67. The van der Waals surface area contributed by atoms with Crippen LogP contribution in [0.25, 0.3) is 0 Å². The molecular formula is C12H8Br2O. The van der Waals surface area contributed by atoms with Crippen molar-refractivity contribution in [2.24, 2.45) is 0 Å². The number of hydrogen-bond acceptors (Lipinski definition) is 1. The third-order valence-electron chi connectivity index (χ3n) is 3.01. The highest BCUT2D eigenvalue weighted by Crippen LogP contribution is 2.56. The molecule has 76 valence electrons. The molecule has 3 rings (SSSR count). The maximum atomic E-state index is 5.84. The van der Waals surface area contributed by atoms with Crippen molar-refractivity contribution in [1.82, 2.24) is 0 Å². The standard InChI is InChI=1S/C12H8Br2O/c1-5-6(2)12-8-4-10(14)9(13)3-7(8)11(5)15-12/h3-4,11-12H,1-2H2/t11-,12+. The summed E-state index contributed by atoms with van der Waals surface area (Å²) in [5.74, 6) is 0. The van der Waals surface area contributed by atoms with Gasteiger partial charge >= 0.3 is 0 Å². The van der Waals surface area contributed by atoms with Crippen LogP contribution in [0, 0.1) is 0 Å². The van der Waals surface area contributed by atoms with E-state index < -0.39 is 0 Å². The maximum absolute atomic E-state index is 5.84. The molecule has 1 aromatic carbocycles. The molecule has 0 saturated carbocycles. The third kappa shape index (κ3) is 1.17. The van der Waals surface area contributed by atoms with Crippen molar-refractivity contribution in [3.8, 4) is 0 Å². The summed E-state index contributed by atoms with van der Waals surface area (Å²) in [5, 5.41) is 0. The average molecular weight is 328 g/mol. The van der Waals surface area contributed by atoms with Crippen LogP contribution >= 0.6 is 31.9 Å². The zero-order valence-corrected chi connectivity index (χ0v) is 11.1. The largest absolute Gasteiger partial charge is 0.356 e. The van der Waals surface area contributed by atoms with Gasteiger partial charge in [-0.25, -0.2) is 0 Å². The van der Waals surface area contributed by atoms with E-state index in [1.165, 1.54) is 11.1 Å². The Morgan fingerprint density at radius 2 is 1.33 bits per heavy atom. The number of hydrogen-bond donors (Lipinski definition) is 0.